The van der Waals surface area contributed by atoms with Gasteiger partial charge in [-0.05, 0) is 38.8 Å². The van der Waals surface area contributed by atoms with Crippen LogP contribution in [-0.4, -0.2) is 47.3 Å². The molecular weight excluding hydrogens is 258 g/mol. The van der Waals surface area contributed by atoms with Gasteiger partial charge in [-0.2, -0.15) is 0 Å². The highest BCUT2D eigenvalue weighted by Crippen LogP contribution is 2.16. The van der Waals surface area contributed by atoms with Gasteiger partial charge in [-0.15, -0.1) is 11.3 Å². The second-order valence-corrected chi connectivity index (χ2v) is 6.57. The summed E-state index contributed by atoms with van der Waals surface area (Å²) < 4.78 is 0. The molecule has 2 rings (SSSR count). The summed E-state index contributed by atoms with van der Waals surface area (Å²) in [6, 6.07) is 0. The minimum absolute atomic E-state index is 0.276. The molecule has 4 nitrogen and oxygen atoms in total. The van der Waals surface area contributed by atoms with Gasteiger partial charge in [0, 0.05) is 24.5 Å². The quantitative estimate of drug-likeness (QED) is 0.833. The van der Waals surface area contributed by atoms with Gasteiger partial charge in [0.25, 0.3) is 0 Å². The molecule has 2 N–H and O–H groups in total. The van der Waals surface area contributed by atoms with Crippen LogP contribution >= 0.6 is 11.3 Å². The van der Waals surface area contributed by atoms with Crippen molar-refractivity contribution in [3.63, 3.8) is 0 Å². The number of nitrogens with zero attached hydrogens (tertiary/aromatic N) is 2. The highest BCUT2D eigenvalue weighted by atomic mass is 32.1. The lowest BCUT2D eigenvalue weighted by atomic mass is 9.99. The fourth-order valence-electron chi connectivity index (χ4n) is 2.46. The largest absolute Gasteiger partial charge is 0.390 e. The predicted octanol–water partition coefficient (Wildman–Crippen LogP) is 1.63. The van der Waals surface area contributed by atoms with Gasteiger partial charge < -0.3 is 15.3 Å². The van der Waals surface area contributed by atoms with Gasteiger partial charge in [-0.1, -0.05) is 6.92 Å². The Hall–Kier alpha value is -0.490. The SMILES string of the molecule is Cc1ncsc1CNCC(O)CN1CCC(C)CC1. The van der Waals surface area contributed by atoms with Gasteiger partial charge in [0.15, 0.2) is 0 Å². The van der Waals surface area contributed by atoms with Crippen LogP contribution in [0.3, 0.4) is 0 Å². The van der Waals surface area contributed by atoms with E-state index in [-0.39, 0.29) is 6.10 Å². The van der Waals surface area contributed by atoms with Crippen LogP contribution in [-0.2, 0) is 6.54 Å². The minimum Gasteiger partial charge on any atom is -0.390 e. The molecule has 0 radical (unpaired) electrons. The maximum atomic E-state index is 10.0. The van der Waals surface area contributed by atoms with Crippen molar-refractivity contribution < 1.29 is 5.11 Å². The number of thiazole rings is 1. The molecule has 5 heteroatoms. The van der Waals surface area contributed by atoms with Crippen LogP contribution in [0.2, 0.25) is 0 Å². The van der Waals surface area contributed by atoms with Crippen LogP contribution in [0.1, 0.15) is 30.3 Å². The molecule has 0 spiro atoms. The number of hydrogen-bond donors (Lipinski definition) is 2. The van der Waals surface area contributed by atoms with Crippen molar-refractivity contribution in [1.29, 1.82) is 0 Å². The van der Waals surface area contributed by atoms with E-state index >= 15 is 0 Å². The van der Waals surface area contributed by atoms with Crippen molar-refractivity contribution in [2.75, 3.05) is 26.2 Å². The van der Waals surface area contributed by atoms with Gasteiger partial charge >= 0.3 is 0 Å². The lowest BCUT2D eigenvalue weighted by Gasteiger charge is -2.31. The van der Waals surface area contributed by atoms with Gasteiger partial charge in [0.05, 0.1) is 17.3 Å². The third kappa shape index (κ3) is 4.84. The zero-order chi connectivity index (χ0) is 13.7. The fraction of sp³-hybridized carbons (Fsp3) is 0.786. The van der Waals surface area contributed by atoms with E-state index < -0.39 is 0 Å². The van der Waals surface area contributed by atoms with Crippen LogP contribution in [0.5, 0.6) is 0 Å². The second kappa shape index (κ2) is 7.33. The zero-order valence-electron chi connectivity index (χ0n) is 11.9. The number of aryl methyl sites for hydroxylation is 1. The Balaban J connectivity index is 1.62. The van der Waals surface area contributed by atoms with Crippen molar-refractivity contribution in [1.82, 2.24) is 15.2 Å². The number of aliphatic hydroxyl groups is 1. The molecule has 1 aromatic heterocycles. The number of rotatable bonds is 6. The number of piperidine rings is 1. The predicted molar refractivity (Wildman–Crippen MR) is 79.4 cm³/mol. The van der Waals surface area contributed by atoms with Crippen LogP contribution < -0.4 is 5.32 Å². The third-order valence-electron chi connectivity index (χ3n) is 3.86. The molecule has 1 saturated heterocycles. The van der Waals surface area contributed by atoms with Crippen LogP contribution in [0.15, 0.2) is 5.51 Å². The molecule has 2 heterocycles. The summed E-state index contributed by atoms with van der Waals surface area (Å²) >= 11 is 1.67. The summed E-state index contributed by atoms with van der Waals surface area (Å²) in [5.41, 5.74) is 2.97. The van der Waals surface area contributed by atoms with E-state index in [2.05, 4.69) is 22.1 Å². The topological polar surface area (TPSA) is 48.4 Å². The summed E-state index contributed by atoms with van der Waals surface area (Å²) in [5.74, 6) is 0.848. The number of nitrogens with one attached hydrogen (secondary N) is 1. The zero-order valence-corrected chi connectivity index (χ0v) is 12.7. The molecule has 0 bridgehead atoms. The molecular formula is C14H25N3OS. The van der Waals surface area contributed by atoms with E-state index in [0.717, 1.165) is 37.8 Å². The van der Waals surface area contributed by atoms with Gasteiger partial charge in [0.2, 0.25) is 0 Å². The number of aliphatic hydroxyl groups excluding tert-OH is 1. The lowest BCUT2D eigenvalue weighted by molar-refractivity contribution is 0.0907. The summed E-state index contributed by atoms with van der Waals surface area (Å²) in [6.07, 6.45) is 2.25. The first-order valence-electron chi connectivity index (χ1n) is 7.15. The maximum Gasteiger partial charge on any atom is 0.0798 e. The maximum absolute atomic E-state index is 10.0. The van der Waals surface area contributed by atoms with Gasteiger partial charge in [-0.3, -0.25) is 0 Å². The number of aromatic nitrogens is 1. The van der Waals surface area contributed by atoms with Crippen molar-refractivity contribution in [3.8, 4) is 0 Å². The molecule has 108 valence electrons. The molecule has 1 aromatic rings. The summed E-state index contributed by atoms with van der Waals surface area (Å²) in [4.78, 5) is 7.87. The first kappa shape index (κ1) is 14.9. The first-order chi connectivity index (χ1) is 9.15. The van der Waals surface area contributed by atoms with E-state index in [9.17, 15) is 5.11 Å². The summed E-state index contributed by atoms with van der Waals surface area (Å²) in [6.45, 7) is 8.86. The highest BCUT2D eigenvalue weighted by molar-refractivity contribution is 7.09. The van der Waals surface area contributed by atoms with E-state index in [1.807, 2.05) is 12.4 Å². The normalized spacial score (nSPS) is 19.7. The Bertz CT molecular complexity index is 375. The first-order valence-corrected chi connectivity index (χ1v) is 8.03. The molecule has 0 saturated carbocycles. The Morgan fingerprint density at radius 1 is 1.53 bits per heavy atom. The fourth-order valence-corrected chi connectivity index (χ4v) is 3.20. The number of β-amino-alcohol motifs (C(OH)–C–C–N with tert-alkyl or cyclic N) is 1. The second-order valence-electron chi connectivity index (χ2n) is 5.63. The molecule has 1 fully saturated rings. The molecule has 1 unspecified atom stereocenters. The molecule has 0 aliphatic carbocycles. The minimum atomic E-state index is -0.276. The Labute approximate surface area is 119 Å². The van der Waals surface area contributed by atoms with Crippen molar-refractivity contribution in [3.05, 3.63) is 16.1 Å². The standard InChI is InChI=1S/C14H25N3OS/c1-11-3-5-17(6-4-11)9-13(18)7-15-8-14-12(2)16-10-19-14/h10-11,13,15,18H,3-9H2,1-2H3. The van der Waals surface area contributed by atoms with E-state index in [1.54, 1.807) is 11.3 Å². The van der Waals surface area contributed by atoms with E-state index in [0.29, 0.717) is 6.54 Å². The van der Waals surface area contributed by atoms with Crippen LogP contribution in [0.25, 0.3) is 0 Å². The number of hydrogen-bond acceptors (Lipinski definition) is 5. The Morgan fingerprint density at radius 2 is 2.26 bits per heavy atom. The average molecular weight is 283 g/mol. The Kier molecular flexibility index (Phi) is 5.76. The summed E-state index contributed by atoms with van der Waals surface area (Å²) in [5, 5.41) is 13.4. The molecule has 1 aliphatic rings. The molecule has 0 aromatic carbocycles. The van der Waals surface area contributed by atoms with Gasteiger partial charge in [-0.25, -0.2) is 4.98 Å². The smallest absolute Gasteiger partial charge is 0.0798 e. The molecule has 1 atom stereocenters. The molecule has 19 heavy (non-hydrogen) atoms. The monoisotopic (exact) mass is 283 g/mol. The third-order valence-corrected chi connectivity index (χ3v) is 4.79. The Morgan fingerprint density at radius 3 is 2.89 bits per heavy atom. The van der Waals surface area contributed by atoms with E-state index in [1.165, 1.54) is 17.7 Å². The molecule has 1 aliphatic heterocycles. The van der Waals surface area contributed by atoms with Crippen LogP contribution in [0, 0.1) is 12.8 Å². The highest BCUT2D eigenvalue weighted by Gasteiger charge is 2.18. The number of likely N-dealkylation sites (tertiary alicyclic amines) is 1. The van der Waals surface area contributed by atoms with E-state index in [4.69, 9.17) is 0 Å². The van der Waals surface area contributed by atoms with Crippen LogP contribution in [0.4, 0.5) is 0 Å². The lowest BCUT2D eigenvalue weighted by Crippen LogP contribution is -2.41. The van der Waals surface area contributed by atoms with Gasteiger partial charge in [0.1, 0.15) is 0 Å². The summed E-state index contributed by atoms with van der Waals surface area (Å²) in [7, 11) is 0. The molecule has 0 amide bonds. The average Bonchev–Trinajstić information content (AvgIpc) is 2.78. The van der Waals surface area contributed by atoms with Crippen molar-refractivity contribution in [2.24, 2.45) is 5.92 Å². The van der Waals surface area contributed by atoms with Crippen molar-refractivity contribution >= 4 is 11.3 Å². The van der Waals surface area contributed by atoms with Crippen molar-refractivity contribution in [2.45, 2.75) is 39.3 Å².